The van der Waals surface area contributed by atoms with Crippen molar-refractivity contribution in [2.45, 2.75) is 0 Å². The Bertz CT molecular complexity index is 854. The molecule has 0 saturated carbocycles. The molecule has 0 saturated heterocycles. The van der Waals surface area contributed by atoms with E-state index in [9.17, 15) is 9.59 Å². The molecule has 0 atom stereocenters. The van der Waals surface area contributed by atoms with Gasteiger partial charge in [-0.2, -0.15) is 4.52 Å². The summed E-state index contributed by atoms with van der Waals surface area (Å²) in [5, 5.41) is 14.8. The van der Waals surface area contributed by atoms with Gasteiger partial charge in [-0.25, -0.2) is 0 Å². The number of fused-ring (bicyclic) bond motifs is 1. The van der Waals surface area contributed by atoms with Crippen LogP contribution in [0.3, 0.4) is 0 Å². The monoisotopic (exact) mass is 328 g/mol. The summed E-state index contributed by atoms with van der Waals surface area (Å²) in [6.07, 6.45) is 2.69. The van der Waals surface area contributed by atoms with Crippen LogP contribution in [0.15, 0.2) is 43.2 Å². The van der Waals surface area contributed by atoms with Gasteiger partial charge in [-0.1, -0.05) is 17.9 Å². The number of carbonyl (C=O) groups is 2. The summed E-state index contributed by atoms with van der Waals surface area (Å²) >= 11 is 1.22. The van der Waals surface area contributed by atoms with Gasteiger partial charge in [0.2, 0.25) is 16.0 Å². The van der Waals surface area contributed by atoms with Crippen LogP contribution in [0, 0.1) is 0 Å². The van der Waals surface area contributed by atoms with Crippen LogP contribution in [0.2, 0.25) is 0 Å². The van der Waals surface area contributed by atoms with Crippen molar-refractivity contribution in [1.29, 1.82) is 0 Å². The second-order valence-corrected chi connectivity index (χ2v) is 5.52. The summed E-state index contributed by atoms with van der Waals surface area (Å²) < 4.78 is 1.49. The van der Waals surface area contributed by atoms with Crippen molar-refractivity contribution in [3.05, 3.63) is 48.8 Å². The Morgan fingerprint density at radius 3 is 2.74 bits per heavy atom. The molecular formula is C14H12N6O2S. The highest BCUT2D eigenvalue weighted by atomic mass is 32.1. The Hall–Kier alpha value is -3.07. The molecule has 0 aliphatic carbocycles. The van der Waals surface area contributed by atoms with E-state index in [1.54, 1.807) is 31.3 Å². The van der Waals surface area contributed by atoms with Gasteiger partial charge < -0.3 is 4.90 Å². The normalized spacial score (nSPS) is 10.5. The van der Waals surface area contributed by atoms with Crippen molar-refractivity contribution in [2.24, 2.45) is 0 Å². The number of rotatable bonds is 4. The van der Waals surface area contributed by atoms with Crippen molar-refractivity contribution in [2.75, 3.05) is 17.3 Å². The van der Waals surface area contributed by atoms with Crippen molar-refractivity contribution in [3.8, 4) is 0 Å². The lowest BCUT2D eigenvalue weighted by Crippen LogP contribution is -2.23. The number of aromatic nitrogens is 4. The standard InChI is InChI=1S/C14H12N6O2S/c1-3-11(21)19(2)10-6-4-9(5-7-10)12(22)16-13-18-20-8-15-17-14(20)23-13/h3-8H,1H2,2H3,(H,16,18,22). The number of likely N-dealkylation sites (N-methyl/N-ethyl adjacent to an activating group) is 1. The highest BCUT2D eigenvalue weighted by Crippen LogP contribution is 2.19. The van der Waals surface area contributed by atoms with E-state index in [0.717, 1.165) is 0 Å². The zero-order chi connectivity index (χ0) is 16.4. The molecule has 0 unspecified atom stereocenters. The molecule has 1 aromatic carbocycles. The van der Waals surface area contributed by atoms with Crippen LogP contribution in [0.4, 0.5) is 10.8 Å². The SMILES string of the molecule is C=CC(=O)N(C)c1ccc(C(=O)Nc2nn3cnnc3s2)cc1. The van der Waals surface area contributed by atoms with E-state index in [0.29, 0.717) is 21.3 Å². The Morgan fingerprint density at radius 1 is 1.35 bits per heavy atom. The molecule has 0 radical (unpaired) electrons. The molecule has 2 amide bonds. The van der Waals surface area contributed by atoms with Gasteiger partial charge in [-0.15, -0.1) is 15.3 Å². The molecule has 0 bridgehead atoms. The molecule has 2 aromatic heterocycles. The minimum Gasteiger partial charge on any atom is -0.312 e. The highest BCUT2D eigenvalue weighted by molar-refractivity contribution is 7.20. The van der Waals surface area contributed by atoms with Gasteiger partial charge in [-0.05, 0) is 30.3 Å². The number of carbonyl (C=O) groups excluding carboxylic acids is 2. The van der Waals surface area contributed by atoms with Crippen molar-refractivity contribution in [1.82, 2.24) is 19.8 Å². The Balaban J connectivity index is 1.73. The number of nitrogens with one attached hydrogen (secondary N) is 1. The van der Waals surface area contributed by atoms with E-state index < -0.39 is 0 Å². The molecule has 3 aromatic rings. The van der Waals surface area contributed by atoms with Crippen LogP contribution >= 0.6 is 11.3 Å². The molecule has 0 aliphatic rings. The molecule has 23 heavy (non-hydrogen) atoms. The Kier molecular flexibility index (Phi) is 3.85. The molecule has 116 valence electrons. The van der Waals surface area contributed by atoms with Crippen molar-refractivity contribution in [3.63, 3.8) is 0 Å². The van der Waals surface area contributed by atoms with Crippen LogP contribution in [0.5, 0.6) is 0 Å². The second-order valence-electron chi connectivity index (χ2n) is 4.57. The highest BCUT2D eigenvalue weighted by Gasteiger charge is 2.12. The molecule has 0 aliphatic heterocycles. The quantitative estimate of drug-likeness (QED) is 0.734. The molecule has 0 fully saturated rings. The Morgan fingerprint density at radius 2 is 2.09 bits per heavy atom. The van der Waals surface area contributed by atoms with Gasteiger partial charge in [0.15, 0.2) is 0 Å². The van der Waals surface area contributed by atoms with E-state index in [1.807, 2.05) is 0 Å². The van der Waals surface area contributed by atoms with Crippen LogP contribution in [0.1, 0.15) is 10.4 Å². The summed E-state index contributed by atoms with van der Waals surface area (Å²) in [6.45, 7) is 3.44. The lowest BCUT2D eigenvalue weighted by molar-refractivity contribution is -0.113. The van der Waals surface area contributed by atoms with Gasteiger partial charge in [-0.3, -0.25) is 14.9 Å². The van der Waals surface area contributed by atoms with Crippen LogP contribution in [-0.4, -0.2) is 38.7 Å². The maximum absolute atomic E-state index is 12.2. The molecule has 0 spiro atoms. The van der Waals surface area contributed by atoms with E-state index >= 15 is 0 Å². The number of anilines is 2. The fourth-order valence-electron chi connectivity index (χ4n) is 1.88. The van der Waals surface area contributed by atoms with Crippen LogP contribution in [0.25, 0.3) is 4.96 Å². The van der Waals surface area contributed by atoms with Crippen LogP contribution < -0.4 is 10.2 Å². The number of nitrogens with zero attached hydrogens (tertiary/aromatic N) is 5. The van der Waals surface area contributed by atoms with E-state index in [2.05, 4.69) is 27.2 Å². The average Bonchev–Trinajstić information content (AvgIpc) is 3.14. The van der Waals surface area contributed by atoms with E-state index in [1.165, 1.54) is 33.2 Å². The van der Waals surface area contributed by atoms with E-state index in [-0.39, 0.29) is 11.8 Å². The zero-order valence-corrected chi connectivity index (χ0v) is 12.9. The van der Waals surface area contributed by atoms with Gasteiger partial charge in [0.05, 0.1) is 0 Å². The van der Waals surface area contributed by atoms with Crippen molar-refractivity contribution < 1.29 is 9.59 Å². The number of amides is 2. The Labute approximate surface area is 135 Å². The fourth-order valence-corrected chi connectivity index (χ4v) is 2.60. The topological polar surface area (TPSA) is 92.5 Å². The predicted octanol–water partition coefficient (Wildman–Crippen LogP) is 1.59. The molecule has 8 nitrogen and oxygen atoms in total. The predicted molar refractivity (Wildman–Crippen MR) is 86.7 cm³/mol. The van der Waals surface area contributed by atoms with Gasteiger partial charge >= 0.3 is 0 Å². The first-order valence-corrected chi connectivity index (χ1v) is 7.38. The fraction of sp³-hybridized carbons (Fsp3) is 0.0714. The molecule has 3 rings (SSSR count). The maximum atomic E-state index is 12.2. The number of benzene rings is 1. The minimum atomic E-state index is -0.292. The smallest absolute Gasteiger partial charge is 0.257 e. The second kappa shape index (κ2) is 5.97. The molecule has 1 N–H and O–H groups in total. The number of hydrogen-bond donors (Lipinski definition) is 1. The van der Waals surface area contributed by atoms with Crippen molar-refractivity contribution >= 4 is 38.9 Å². The third kappa shape index (κ3) is 2.94. The number of hydrogen-bond acceptors (Lipinski definition) is 6. The first kappa shape index (κ1) is 14.9. The maximum Gasteiger partial charge on any atom is 0.257 e. The summed E-state index contributed by atoms with van der Waals surface area (Å²) in [7, 11) is 1.64. The first-order valence-electron chi connectivity index (χ1n) is 6.57. The van der Waals surface area contributed by atoms with E-state index in [4.69, 9.17) is 0 Å². The minimum absolute atomic E-state index is 0.220. The van der Waals surface area contributed by atoms with Crippen LogP contribution in [-0.2, 0) is 4.79 Å². The third-order valence-corrected chi connectivity index (χ3v) is 3.96. The largest absolute Gasteiger partial charge is 0.312 e. The first-order chi connectivity index (χ1) is 11.1. The lowest BCUT2D eigenvalue weighted by Gasteiger charge is -2.15. The third-order valence-electron chi connectivity index (χ3n) is 3.13. The summed E-state index contributed by atoms with van der Waals surface area (Å²) in [5.74, 6) is -0.513. The summed E-state index contributed by atoms with van der Waals surface area (Å²) in [5.41, 5.74) is 1.13. The lowest BCUT2D eigenvalue weighted by atomic mass is 10.2. The summed E-state index contributed by atoms with van der Waals surface area (Å²) in [6, 6.07) is 6.65. The van der Waals surface area contributed by atoms with Gasteiger partial charge in [0, 0.05) is 18.3 Å². The van der Waals surface area contributed by atoms with Gasteiger partial charge in [0.1, 0.15) is 6.33 Å². The molecular weight excluding hydrogens is 316 g/mol. The average molecular weight is 328 g/mol. The zero-order valence-electron chi connectivity index (χ0n) is 12.1. The van der Waals surface area contributed by atoms with Gasteiger partial charge in [0.25, 0.3) is 5.91 Å². The summed E-state index contributed by atoms with van der Waals surface area (Å²) in [4.78, 5) is 25.8. The molecule has 2 heterocycles. The molecule has 9 heteroatoms.